The monoisotopic (exact) mass is 134 g/mol. The Bertz CT molecular complexity index is 109. The van der Waals surface area contributed by atoms with Crippen LogP contribution in [0, 0.1) is 0 Å². The molecule has 1 unspecified atom stereocenters. The van der Waals surface area contributed by atoms with Crippen molar-refractivity contribution < 1.29 is 16.0 Å². The van der Waals surface area contributed by atoms with Crippen LogP contribution in [0.25, 0.3) is 0 Å². The first kappa shape index (κ1) is 5.65. The molecule has 0 aliphatic carbocycles. The molecule has 1 fully saturated rings. The molecule has 0 aromatic carbocycles. The Morgan fingerprint density at radius 3 is 3.22 bits per heavy atom. The van der Waals surface area contributed by atoms with Crippen molar-refractivity contribution in [1.82, 2.24) is 0 Å². The lowest BCUT2D eigenvalue weighted by Gasteiger charge is -2.10. The molecule has 0 aromatic heterocycles. The van der Waals surface area contributed by atoms with E-state index in [2.05, 4.69) is 0 Å². The van der Waals surface area contributed by atoms with E-state index in [9.17, 15) is 0 Å². The lowest BCUT2D eigenvalue weighted by atomic mass is 10.2. The number of hydrogen-bond acceptors (Lipinski definition) is 3. The molecular weight excluding hydrogens is 120 g/mol. The molecule has 1 heterocycles. The van der Waals surface area contributed by atoms with Crippen molar-refractivity contribution in [2.75, 3.05) is 20.3 Å². The Labute approximate surface area is 56.0 Å². The number of rotatable bonds is 2. The maximum Gasteiger partial charge on any atom is 0.107 e. The molecule has 3 heteroatoms. The first-order valence-corrected chi connectivity index (χ1v) is 2.98. The van der Waals surface area contributed by atoms with Gasteiger partial charge in [-0.3, -0.25) is 0 Å². The third-order valence-corrected chi connectivity index (χ3v) is 1.37. The first-order valence-electron chi connectivity index (χ1n) is 3.56. The van der Waals surface area contributed by atoms with Gasteiger partial charge in [0.15, 0.2) is 0 Å². The summed E-state index contributed by atoms with van der Waals surface area (Å²) in [5.74, 6) is 0. The molecule has 0 saturated carbocycles. The fourth-order valence-electron chi connectivity index (χ4n) is 0.835. The quantitative estimate of drug-likeness (QED) is 0.567. The van der Waals surface area contributed by atoms with Crippen LogP contribution >= 0.6 is 0 Å². The zero-order valence-electron chi connectivity index (χ0n) is 6.41. The number of hydrogen-bond donors (Lipinski definition) is 1. The number of ether oxygens (including phenoxy) is 2. The van der Waals surface area contributed by atoms with Crippen molar-refractivity contribution in [3.8, 4) is 0 Å². The second-order valence-electron chi connectivity index (χ2n) is 2.10. The molecule has 9 heavy (non-hydrogen) atoms. The van der Waals surface area contributed by atoms with Crippen LogP contribution in [0.4, 0.5) is 0 Å². The van der Waals surface area contributed by atoms with E-state index in [4.69, 9.17) is 16.0 Å². The van der Waals surface area contributed by atoms with Crippen LogP contribution < -0.4 is 0 Å². The Kier molecular flexibility index (Phi) is 1.98. The van der Waals surface area contributed by atoms with Crippen LogP contribution in [0.15, 0.2) is 0 Å². The van der Waals surface area contributed by atoms with Crippen molar-refractivity contribution in [3.05, 3.63) is 0 Å². The summed E-state index contributed by atoms with van der Waals surface area (Å²) in [4.78, 5) is 0. The van der Waals surface area contributed by atoms with Gasteiger partial charge in [-0.05, 0) is 6.42 Å². The van der Waals surface area contributed by atoms with Gasteiger partial charge in [0.05, 0.1) is 14.1 Å². The van der Waals surface area contributed by atoms with Crippen molar-refractivity contribution in [2.45, 2.75) is 18.6 Å². The third kappa shape index (κ3) is 1.64. The van der Waals surface area contributed by atoms with Crippen LogP contribution in [0.3, 0.4) is 0 Å². The van der Waals surface area contributed by atoms with E-state index in [0.29, 0.717) is 13.0 Å². The molecule has 54 valence electrons. The van der Waals surface area contributed by atoms with Gasteiger partial charge in [-0.25, -0.2) is 0 Å². The molecule has 0 bridgehead atoms. The van der Waals surface area contributed by atoms with Gasteiger partial charge in [-0.1, -0.05) is 0 Å². The van der Waals surface area contributed by atoms with E-state index in [1.54, 1.807) is 7.11 Å². The summed E-state index contributed by atoms with van der Waals surface area (Å²) in [7, 11) is 1.55. The minimum absolute atomic E-state index is 0.299. The smallest absolute Gasteiger partial charge is 0.107 e. The van der Waals surface area contributed by atoms with E-state index >= 15 is 0 Å². The second kappa shape index (κ2) is 3.15. The third-order valence-electron chi connectivity index (χ3n) is 1.37. The highest BCUT2D eigenvalue weighted by Crippen LogP contribution is 2.12. The van der Waals surface area contributed by atoms with Crippen molar-refractivity contribution >= 4 is 0 Å². The van der Waals surface area contributed by atoms with Gasteiger partial charge in [-0.2, -0.15) is 0 Å². The normalized spacial score (nSPS) is 45.1. The summed E-state index contributed by atoms with van der Waals surface area (Å²) in [5.41, 5.74) is 0. The maximum absolute atomic E-state index is 9.17. The van der Waals surface area contributed by atoms with Crippen LogP contribution in [0.1, 0.15) is 7.79 Å². The van der Waals surface area contributed by atoms with Crippen LogP contribution in [-0.2, 0) is 9.47 Å². The number of aliphatic hydroxyl groups excluding tert-OH is 1. The van der Waals surface area contributed by atoms with Gasteiger partial charge < -0.3 is 14.6 Å². The lowest BCUT2D eigenvalue weighted by Crippen LogP contribution is -2.25. The molecule has 0 aromatic rings. The van der Waals surface area contributed by atoms with E-state index in [0.717, 1.165) is 0 Å². The van der Waals surface area contributed by atoms with Crippen molar-refractivity contribution in [3.63, 3.8) is 0 Å². The second-order valence-corrected chi connectivity index (χ2v) is 2.10. The Morgan fingerprint density at radius 2 is 2.78 bits per heavy atom. The summed E-state index contributed by atoms with van der Waals surface area (Å²) < 4.78 is 16.9. The van der Waals surface area contributed by atoms with E-state index < -0.39 is 12.7 Å². The number of methoxy groups -OCH3 is 1. The number of aliphatic hydroxyl groups is 1. The fourth-order valence-corrected chi connectivity index (χ4v) is 0.835. The molecule has 1 aliphatic heterocycles. The average molecular weight is 134 g/mol. The zero-order chi connectivity index (χ0) is 7.56. The Balaban J connectivity index is 2.31. The summed E-state index contributed by atoms with van der Waals surface area (Å²) in [6.07, 6.45) is -0.427. The largest absolute Gasteiger partial charge is 0.390 e. The van der Waals surface area contributed by atoms with E-state index in [1.165, 1.54) is 0 Å². The summed E-state index contributed by atoms with van der Waals surface area (Å²) in [5, 5.41) is 9.17. The molecule has 3 atom stereocenters. The highest BCUT2D eigenvalue weighted by molar-refractivity contribution is 4.73. The highest BCUT2D eigenvalue weighted by atomic mass is 16.5. The Morgan fingerprint density at radius 1 is 2.00 bits per heavy atom. The molecule has 1 N–H and O–H groups in total. The van der Waals surface area contributed by atoms with Gasteiger partial charge in [0.25, 0.3) is 0 Å². The topological polar surface area (TPSA) is 38.7 Å². The van der Waals surface area contributed by atoms with Crippen LogP contribution in [0.2, 0.25) is 0 Å². The summed E-state index contributed by atoms with van der Waals surface area (Å²) >= 11 is 0. The fraction of sp³-hybridized carbons (Fsp3) is 1.00. The molecule has 0 radical (unpaired) electrons. The molecule has 0 spiro atoms. The van der Waals surface area contributed by atoms with Crippen molar-refractivity contribution in [1.29, 1.82) is 0 Å². The van der Waals surface area contributed by atoms with Crippen LogP contribution in [0.5, 0.6) is 0 Å². The maximum atomic E-state index is 9.17. The predicted octanol–water partition coefficient (Wildman–Crippen LogP) is -0.217. The van der Waals surface area contributed by atoms with Gasteiger partial charge >= 0.3 is 0 Å². The minimum Gasteiger partial charge on any atom is -0.390 e. The molecule has 3 nitrogen and oxygen atoms in total. The van der Waals surface area contributed by atoms with Gasteiger partial charge in [0, 0.05) is 13.7 Å². The van der Waals surface area contributed by atoms with Crippen LogP contribution in [-0.4, -0.2) is 37.6 Å². The van der Waals surface area contributed by atoms with Crippen molar-refractivity contribution in [2.24, 2.45) is 0 Å². The SMILES string of the molecule is [3H][C@H]1CC(O)[C@@H](COC)O1. The lowest BCUT2D eigenvalue weighted by molar-refractivity contribution is -0.0101. The first-order chi connectivity index (χ1) is 4.74. The minimum atomic E-state index is -0.574. The van der Waals surface area contributed by atoms with Gasteiger partial charge in [-0.15, -0.1) is 0 Å². The van der Waals surface area contributed by atoms with E-state index in [-0.39, 0.29) is 6.10 Å². The Hall–Kier alpha value is -0.120. The standard InChI is InChI=1S/C6H12O3/c1-8-4-6-5(7)2-3-9-6/h5-7H,2-4H2,1H3/t5?,6-/m1/s1/i3T/t3-,5?,6+/m0. The average Bonchev–Trinajstić information content (AvgIpc) is 2.13. The molecule has 1 saturated heterocycles. The molecule has 1 aliphatic rings. The molecular formula is C6H12O3. The van der Waals surface area contributed by atoms with E-state index in [1.807, 2.05) is 0 Å². The zero-order valence-corrected chi connectivity index (χ0v) is 5.41. The summed E-state index contributed by atoms with van der Waals surface area (Å²) in [6, 6.07) is 0. The highest BCUT2D eigenvalue weighted by Gasteiger charge is 2.25. The van der Waals surface area contributed by atoms with Gasteiger partial charge in [0.1, 0.15) is 6.10 Å². The predicted molar refractivity (Wildman–Crippen MR) is 32.2 cm³/mol. The molecule has 0 amide bonds. The molecule has 1 rings (SSSR count). The van der Waals surface area contributed by atoms with Gasteiger partial charge in [0.2, 0.25) is 0 Å². The summed E-state index contributed by atoms with van der Waals surface area (Å²) in [6.45, 7) is -0.202.